The molecule has 0 aliphatic heterocycles. The Hall–Kier alpha value is -1.19. The molecule has 2 aromatic rings. The van der Waals surface area contributed by atoms with E-state index < -0.39 is 6.10 Å². The molecule has 1 heterocycles. The largest absolute Gasteiger partial charge is 0.386 e. The van der Waals surface area contributed by atoms with E-state index >= 15 is 0 Å². The second-order valence-corrected chi connectivity index (χ2v) is 4.42. The van der Waals surface area contributed by atoms with Crippen molar-refractivity contribution < 1.29 is 5.11 Å². The molecule has 1 aromatic heterocycles. The van der Waals surface area contributed by atoms with Gasteiger partial charge in [-0.3, -0.25) is 0 Å². The van der Waals surface area contributed by atoms with Gasteiger partial charge < -0.3 is 5.11 Å². The van der Waals surface area contributed by atoms with E-state index in [-0.39, 0.29) is 0 Å². The van der Waals surface area contributed by atoms with Crippen molar-refractivity contribution in [3.8, 4) is 0 Å². The van der Waals surface area contributed by atoms with Crippen LogP contribution < -0.4 is 0 Å². The van der Waals surface area contributed by atoms with Crippen LogP contribution in [-0.2, 0) is 6.42 Å². The van der Waals surface area contributed by atoms with Crippen LogP contribution in [0.4, 0.5) is 0 Å². The molecule has 1 atom stereocenters. The van der Waals surface area contributed by atoms with Gasteiger partial charge in [0, 0.05) is 17.5 Å². The van der Waals surface area contributed by atoms with Gasteiger partial charge in [-0.2, -0.15) is 0 Å². The number of aryl methyl sites for hydroxylation is 1. The first-order chi connectivity index (χ1) is 7.25. The number of aromatic nitrogens is 1. The van der Waals surface area contributed by atoms with Gasteiger partial charge in [0.2, 0.25) is 0 Å². The summed E-state index contributed by atoms with van der Waals surface area (Å²) < 4.78 is 0. The number of thiazole rings is 1. The predicted molar refractivity (Wildman–Crippen MR) is 62.0 cm³/mol. The topological polar surface area (TPSA) is 33.1 Å². The first-order valence-corrected chi connectivity index (χ1v) is 5.77. The second-order valence-electron chi connectivity index (χ2n) is 3.53. The number of hydrogen-bond donors (Lipinski definition) is 1. The normalized spacial score (nSPS) is 12.7. The van der Waals surface area contributed by atoms with Crippen LogP contribution in [0.2, 0.25) is 0 Å². The highest BCUT2D eigenvalue weighted by Gasteiger charge is 2.11. The van der Waals surface area contributed by atoms with Gasteiger partial charge in [0.1, 0.15) is 11.1 Å². The minimum Gasteiger partial charge on any atom is -0.386 e. The van der Waals surface area contributed by atoms with E-state index in [1.54, 1.807) is 0 Å². The van der Waals surface area contributed by atoms with E-state index in [4.69, 9.17) is 0 Å². The van der Waals surface area contributed by atoms with Gasteiger partial charge in [-0.25, -0.2) is 4.98 Å². The van der Waals surface area contributed by atoms with Gasteiger partial charge in [0.05, 0.1) is 0 Å². The number of benzene rings is 1. The molecule has 2 rings (SSSR count). The zero-order valence-electron chi connectivity index (χ0n) is 8.55. The average molecular weight is 219 g/mol. The molecule has 0 aliphatic carbocycles. The summed E-state index contributed by atoms with van der Waals surface area (Å²) in [5, 5.41) is 12.7. The monoisotopic (exact) mass is 219 g/mol. The molecule has 78 valence electrons. The highest BCUT2D eigenvalue weighted by atomic mass is 32.1. The zero-order valence-corrected chi connectivity index (χ0v) is 9.37. The molecular weight excluding hydrogens is 206 g/mol. The zero-order chi connectivity index (χ0) is 10.7. The summed E-state index contributed by atoms with van der Waals surface area (Å²) in [5.74, 6) is 0. The smallest absolute Gasteiger partial charge is 0.122 e. The fraction of sp³-hybridized carbons (Fsp3) is 0.250. The number of rotatable bonds is 3. The maximum atomic E-state index is 9.94. The molecule has 3 heteroatoms. The van der Waals surface area contributed by atoms with Crippen LogP contribution in [0.25, 0.3) is 0 Å². The maximum absolute atomic E-state index is 9.94. The molecule has 1 unspecified atom stereocenters. The van der Waals surface area contributed by atoms with Crippen LogP contribution in [0.3, 0.4) is 0 Å². The molecule has 0 bridgehead atoms. The Bertz CT molecular complexity index is 424. The molecule has 0 spiro atoms. The lowest BCUT2D eigenvalue weighted by Crippen LogP contribution is -2.01. The Balaban J connectivity index is 2.07. The van der Waals surface area contributed by atoms with Crippen LogP contribution in [0.15, 0.2) is 35.7 Å². The summed E-state index contributed by atoms with van der Waals surface area (Å²) >= 11 is 1.52. The van der Waals surface area contributed by atoms with Crippen molar-refractivity contribution in [1.82, 2.24) is 4.98 Å². The third-order valence-corrected chi connectivity index (χ3v) is 3.26. The Morgan fingerprint density at radius 1 is 1.33 bits per heavy atom. The molecule has 0 amide bonds. The number of aliphatic hydroxyl groups excluding tert-OH is 1. The molecule has 0 aliphatic rings. The Labute approximate surface area is 93.2 Å². The van der Waals surface area contributed by atoms with Crippen molar-refractivity contribution in [1.29, 1.82) is 0 Å². The predicted octanol–water partition coefficient (Wildman–Crippen LogP) is 2.73. The quantitative estimate of drug-likeness (QED) is 0.861. The van der Waals surface area contributed by atoms with Crippen molar-refractivity contribution >= 4 is 11.3 Å². The van der Waals surface area contributed by atoms with Crippen molar-refractivity contribution in [2.75, 3.05) is 0 Å². The average Bonchev–Trinajstić information content (AvgIpc) is 2.66. The Kier molecular flexibility index (Phi) is 3.14. The molecule has 15 heavy (non-hydrogen) atoms. The lowest BCUT2D eigenvalue weighted by molar-refractivity contribution is 0.178. The standard InChI is InChI=1S/C12H13NOS/c1-9-8-15-12(13-9)11(14)7-10-5-3-2-4-6-10/h2-6,8,11,14H,7H2,1H3. The van der Waals surface area contributed by atoms with Crippen LogP contribution in [0.5, 0.6) is 0 Å². The molecule has 1 N–H and O–H groups in total. The van der Waals surface area contributed by atoms with E-state index in [9.17, 15) is 5.11 Å². The van der Waals surface area contributed by atoms with Crippen LogP contribution in [-0.4, -0.2) is 10.1 Å². The SMILES string of the molecule is Cc1csc(C(O)Cc2ccccc2)n1. The summed E-state index contributed by atoms with van der Waals surface area (Å²) in [7, 11) is 0. The van der Waals surface area contributed by atoms with E-state index in [0.717, 1.165) is 16.3 Å². The Morgan fingerprint density at radius 2 is 2.07 bits per heavy atom. The van der Waals surface area contributed by atoms with Crippen molar-refractivity contribution in [3.63, 3.8) is 0 Å². The molecule has 0 radical (unpaired) electrons. The lowest BCUT2D eigenvalue weighted by Gasteiger charge is -2.06. The third-order valence-electron chi connectivity index (χ3n) is 2.19. The number of hydrogen-bond acceptors (Lipinski definition) is 3. The second kappa shape index (κ2) is 4.55. The fourth-order valence-corrected chi connectivity index (χ4v) is 2.23. The Morgan fingerprint density at radius 3 is 2.67 bits per heavy atom. The van der Waals surface area contributed by atoms with Crippen molar-refractivity contribution in [3.05, 3.63) is 52.0 Å². The van der Waals surface area contributed by atoms with Crippen molar-refractivity contribution in [2.45, 2.75) is 19.4 Å². The molecular formula is C12H13NOS. The fourth-order valence-electron chi connectivity index (χ4n) is 1.45. The number of nitrogens with zero attached hydrogens (tertiary/aromatic N) is 1. The molecule has 0 saturated heterocycles. The highest BCUT2D eigenvalue weighted by Crippen LogP contribution is 2.21. The first kappa shape index (κ1) is 10.3. The lowest BCUT2D eigenvalue weighted by atomic mass is 10.1. The van der Waals surface area contributed by atoms with E-state index in [0.29, 0.717) is 6.42 Å². The highest BCUT2D eigenvalue weighted by molar-refractivity contribution is 7.09. The molecule has 2 nitrogen and oxygen atoms in total. The van der Waals surface area contributed by atoms with Gasteiger partial charge in [0.15, 0.2) is 0 Å². The maximum Gasteiger partial charge on any atom is 0.122 e. The van der Waals surface area contributed by atoms with E-state index in [1.807, 2.05) is 42.6 Å². The third kappa shape index (κ3) is 2.64. The molecule has 1 aromatic carbocycles. The molecule has 0 fully saturated rings. The summed E-state index contributed by atoms with van der Waals surface area (Å²) in [6.45, 7) is 1.94. The number of aliphatic hydroxyl groups is 1. The van der Waals surface area contributed by atoms with Gasteiger partial charge in [-0.15, -0.1) is 11.3 Å². The van der Waals surface area contributed by atoms with Crippen LogP contribution in [0.1, 0.15) is 22.4 Å². The van der Waals surface area contributed by atoms with E-state index in [1.165, 1.54) is 11.3 Å². The summed E-state index contributed by atoms with van der Waals surface area (Å²) in [6, 6.07) is 9.97. The van der Waals surface area contributed by atoms with Gasteiger partial charge in [0.25, 0.3) is 0 Å². The van der Waals surface area contributed by atoms with Gasteiger partial charge >= 0.3 is 0 Å². The minimum absolute atomic E-state index is 0.480. The van der Waals surface area contributed by atoms with E-state index in [2.05, 4.69) is 4.98 Å². The minimum atomic E-state index is -0.480. The van der Waals surface area contributed by atoms with Gasteiger partial charge in [-0.1, -0.05) is 30.3 Å². The summed E-state index contributed by atoms with van der Waals surface area (Å²) in [5.41, 5.74) is 2.11. The molecule has 0 saturated carbocycles. The van der Waals surface area contributed by atoms with Crippen LogP contribution >= 0.6 is 11.3 Å². The summed E-state index contributed by atoms with van der Waals surface area (Å²) in [4.78, 5) is 4.28. The first-order valence-electron chi connectivity index (χ1n) is 4.90. The van der Waals surface area contributed by atoms with Gasteiger partial charge in [-0.05, 0) is 12.5 Å². The van der Waals surface area contributed by atoms with Crippen molar-refractivity contribution in [2.24, 2.45) is 0 Å². The van der Waals surface area contributed by atoms with Crippen LogP contribution in [0, 0.1) is 6.92 Å². The summed E-state index contributed by atoms with van der Waals surface area (Å²) in [6.07, 6.45) is 0.152.